The lowest BCUT2D eigenvalue weighted by Crippen LogP contribution is -2.16. The zero-order valence-electron chi connectivity index (χ0n) is 13.1. The Morgan fingerprint density at radius 3 is 2.80 bits per heavy atom. The van der Waals surface area contributed by atoms with Gasteiger partial charge >= 0.3 is 0 Å². The summed E-state index contributed by atoms with van der Waals surface area (Å²) in [5.41, 5.74) is 1.22. The van der Waals surface area contributed by atoms with E-state index in [9.17, 15) is 4.79 Å². The maximum Gasteiger partial charge on any atom is 0.279 e. The van der Waals surface area contributed by atoms with Crippen molar-refractivity contribution in [2.75, 3.05) is 6.26 Å². The summed E-state index contributed by atoms with van der Waals surface area (Å²) < 4.78 is 2.50. The van der Waals surface area contributed by atoms with Crippen molar-refractivity contribution < 1.29 is 4.79 Å². The molecule has 2 aromatic carbocycles. The van der Waals surface area contributed by atoms with E-state index in [2.05, 4.69) is 10.9 Å². The number of rotatable bonds is 3. The van der Waals surface area contributed by atoms with Crippen molar-refractivity contribution in [2.45, 2.75) is 11.4 Å². The minimum atomic E-state index is -0.333. The van der Waals surface area contributed by atoms with Crippen molar-refractivity contribution in [1.82, 2.24) is 4.57 Å². The summed E-state index contributed by atoms with van der Waals surface area (Å²) >= 11 is 15.4. The molecule has 0 N–H and O–H groups in total. The third kappa shape index (κ3) is 3.63. The van der Waals surface area contributed by atoms with Gasteiger partial charge in [0.1, 0.15) is 0 Å². The molecule has 25 heavy (non-hydrogen) atoms. The summed E-state index contributed by atoms with van der Waals surface area (Å²) in [4.78, 5) is 18.3. The standard InChI is InChI=1S/C18H12Cl2N2OS2/c1-3-9-22-15-13(19)7-8-14(20)16(15)25-18(22)21-17(23)11-5-4-6-12(10-11)24-2/h1,4-8,10H,9H2,2H3. The van der Waals surface area contributed by atoms with E-state index in [-0.39, 0.29) is 12.5 Å². The van der Waals surface area contributed by atoms with E-state index < -0.39 is 0 Å². The van der Waals surface area contributed by atoms with Crippen LogP contribution in [0.1, 0.15) is 10.4 Å². The zero-order chi connectivity index (χ0) is 18.0. The first kappa shape index (κ1) is 18.1. The molecular weight excluding hydrogens is 395 g/mol. The van der Waals surface area contributed by atoms with Crippen LogP contribution in [0, 0.1) is 12.3 Å². The van der Waals surface area contributed by atoms with E-state index in [4.69, 9.17) is 29.6 Å². The van der Waals surface area contributed by atoms with Crippen molar-refractivity contribution >= 4 is 62.4 Å². The van der Waals surface area contributed by atoms with Crippen LogP contribution in [0.3, 0.4) is 0 Å². The fourth-order valence-corrected chi connectivity index (χ4v) is 4.44. The highest BCUT2D eigenvalue weighted by molar-refractivity contribution is 7.98. The molecular formula is C18H12Cl2N2OS2. The largest absolute Gasteiger partial charge is 0.303 e. The average molecular weight is 407 g/mol. The third-order valence-electron chi connectivity index (χ3n) is 3.49. The predicted octanol–water partition coefficient (Wildman–Crippen LogP) is 5.11. The molecule has 0 aliphatic rings. The van der Waals surface area contributed by atoms with Gasteiger partial charge in [-0.1, -0.05) is 46.5 Å². The van der Waals surface area contributed by atoms with Gasteiger partial charge in [-0.2, -0.15) is 4.99 Å². The van der Waals surface area contributed by atoms with Gasteiger partial charge in [0.2, 0.25) is 0 Å². The van der Waals surface area contributed by atoms with E-state index >= 15 is 0 Å². The number of thiazole rings is 1. The Balaban J connectivity index is 2.20. The molecule has 126 valence electrons. The van der Waals surface area contributed by atoms with Crippen molar-refractivity contribution in [3.8, 4) is 12.3 Å². The fraction of sp³-hybridized carbons (Fsp3) is 0.111. The highest BCUT2D eigenvalue weighted by atomic mass is 35.5. The molecule has 1 amide bonds. The second-order valence-corrected chi connectivity index (χ2v) is 7.70. The van der Waals surface area contributed by atoms with Gasteiger partial charge < -0.3 is 4.57 Å². The molecule has 0 atom stereocenters. The maximum absolute atomic E-state index is 12.6. The number of amides is 1. The molecule has 1 aromatic heterocycles. The third-order valence-corrected chi connectivity index (χ3v) is 6.06. The number of halogens is 2. The minimum absolute atomic E-state index is 0.247. The fourth-order valence-electron chi connectivity index (χ4n) is 2.34. The molecule has 0 bridgehead atoms. The summed E-state index contributed by atoms with van der Waals surface area (Å²) in [5, 5.41) is 1.07. The van der Waals surface area contributed by atoms with Crippen LogP contribution < -0.4 is 4.80 Å². The van der Waals surface area contributed by atoms with Gasteiger partial charge in [0.05, 0.1) is 26.8 Å². The summed E-state index contributed by atoms with van der Waals surface area (Å²) in [6.45, 7) is 0.247. The number of carbonyl (C=O) groups is 1. The molecule has 0 saturated carbocycles. The van der Waals surface area contributed by atoms with E-state index in [1.165, 1.54) is 11.3 Å². The first-order valence-corrected chi connectivity index (χ1v) is 9.98. The Morgan fingerprint density at radius 2 is 2.08 bits per heavy atom. The van der Waals surface area contributed by atoms with Crippen LogP contribution in [-0.4, -0.2) is 16.7 Å². The first-order chi connectivity index (χ1) is 12.0. The molecule has 0 fully saturated rings. The van der Waals surface area contributed by atoms with Gasteiger partial charge in [-0.05, 0) is 36.6 Å². The van der Waals surface area contributed by atoms with Crippen LogP contribution >= 0.6 is 46.3 Å². The van der Waals surface area contributed by atoms with Gasteiger partial charge in [-0.3, -0.25) is 4.79 Å². The van der Waals surface area contributed by atoms with Crippen LogP contribution in [0.25, 0.3) is 10.2 Å². The Labute approximate surface area is 163 Å². The Morgan fingerprint density at radius 1 is 1.32 bits per heavy atom. The lowest BCUT2D eigenvalue weighted by atomic mass is 10.2. The zero-order valence-corrected chi connectivity index (χ0v) is 16.3. The summed E-state index contributed by atoms with van der Waals surface area (Å²) in [7, 11) is 0. The number of hydrogen-bond donors (Lipinski definition) is 0. The normalized spacial score (nSPS) is 11.7. The van der Waals surface area contributed by atoms with E-state index in [0.717, 1.165) is 9.60 Å². The highest BCUT2D eigenvalue weighted by Gasteiger charge is 2.14. The van der Waals surface area contributed by atoms with Crippen molar-refractivity contribution in [2.24, 2.45) is 4.99 Å². The SMILES string of the molecule is C#CCn1c(=NC(=O)c2cccc(SC)c2)sc2c(Cl)ccc(Cl)c21. The molecule has 3 nitrogen and oxygen atoms in total. The number of hydrogen-bond acceptors (Lipinski definition) is 3. The van der Waals surface area contributed by atoms with E-state index in [1.54, 1.807) is 34.5 Å². The molecule has 7 heteroatoms. The molecule has 0 unspecified atom stereocenters. The monoisotopic (exact) mass is 406 g/mol. The van der Waals surface area contributed by atoms with Gasteiger partial charge in [0, 0.05) is 10.5 Å². The molecule has 0 spiro atoms. The number of nitrogens with zero attached hydrogens (tertiary/aromatic N) is 2. The number of carbonyl (C=O) groups excluding carboxylic acids is 1. The van der Waals surface area contributed by atoms with Crippen LogP contribution in [0.15, 0.2) is 46.3 Å². The predicted molar refractivity (Wildman–Crippen MR) is 107 cm³/mol. The highest BCUT2D eigenvalue weighted by Crippen LogP contribution is 2.31. The molecule has 0 saturated heterocycles. The Kier molecular flexibility index (Phi) is 5.55. The van der Waals surface area contributed by atoms with Gasteiger partial charge in [-0.25, -0.2) is 0 Å². The number of benzene rings is 2. The smallest absolute Gasteiger partial charge is 0.279 e. The number of aromatic nitrogens is 1. The minimum Gasteiger partial charge on any atom is -0.303 e. The van der Waals surface area contributed by atoms with Crippen molar-refractivity contribution in [1.29, 1.82) is 0 Å². The average Bonchev–Trinajstić information content (AvgIpc) is 2.98. The summed E-state index contributed by atoms with van der Waals surface area (Å²) in [6.07, 6.45) is 7.43. The van der Waals surface area contributed by atoms with Gasteiger partial charge in [0.15, 0.2) is 4.80 Å². The first-order valence-electron chi connectivity index (χ1n) is 7.19. The van der Waals surface area contributed by atoms with Gasteiger partial charge in [0.25, 0.3) is 5.91 Å². The molecule has 0 aliphatic carbocycles. The molecule has 3 aromatic rings. The summed E-state index contributed by atoms with van der Waals surface area (Å²) in [6, 6.07) is 10.8. The summed E-state index contributed by atoms with van der Waals surface area (Å²) in [5.74, 6) is 2.24. The Bertz CT molecular complexity index is 1080. The molecule has 0 radical (unpaired) electrons. The van der Waals surface area contributed by atoms with Crippen LogP contribution in [0.4, 0.5) is 0 Å². The van der Waals surface area contributed by atoms with Crippen LogP contribution in [0.2, 0.25) is 10.0 Å². The van der Waals surface area contributed by atoms with Gasteiger partial charge in [-0.15, -0.1) is 18.2 Å². The molecule has 3 rings (SSSR count). The lowest BCUT2D eigenvalue weighted by Gasteiger charge is -2.02. The quantitative estimate of drug-likeness (QED) is 0.447. The number of terminal acetylenes is 1. The van der Waals surface area contributed by atoms with Crippen molar-refractivity contribution in [3.63, 3.8) is 0 Å². The second kappa shape index (κ2) is 7.67. The van der Waals surface area contributed by atoms with E-state index in [0.29, 0.717) is 25.9 Å². The maximum atomic E-state index is 12.6. The van der Waals surface area contributed by atoms with Crippen LogP contribution in [-0.2, 0) is 6.54 Å². The van der Waals surface area contributed by atoms with Crippen LogP contribution in [0.5, 0.6) is 0 Å². The second-order valence-electron chi connectivity index (χ2n) is 5.03. The number of thioether (sulfide) groups is 1. The molecule has 1 heterocycles. The topological polar surface area (TPSA) is 34.4 Å². The Hall–Kier alpha value is -1.71. The van der Waals surface area contributed by atoms with Crippen molar-refractivity contribution in [3.05, 3.63) is 56.8 Å². The lowest BCUT2D eigenvalue weighted by molar-refractivity contribution is 0.0997. The number of fused-ring (bicyclic) bond motifs is 1. The van der Waals surface area contributed by atoms with E-state index in [1.807, 2.05) is 24.5 Å². The molecule has 0 aliphatic heterocycles.